The Morgan fingerprint density at radius 2 is 1.78 bits per heavy atom. The van der Waals surface area contributed by atoms with Gasteiger partial charge in [-0.2, -0.15) is 0 Å². The van der Waals surface area contributed by atoms with Crippen molar-refractivity contribution >= 4 is 22.9 Å². The Morgan fingerprint density at radius 1 is 1.00 bits per heavy atom. The number of amides is 2. The number of alkyl carbamates (subject to hydrolysis) is 1. The first-order valence-corrected chi connectivity index (χ1v) is 11.7. The molecule has 0 spiro atoms. The van der Waals surface area contributed by atoms with Gasteiger partial charge in [0.2, 0.25) is 12.7 Å². The highest BCUT2D eigenvalue weighted by Gasteiger charge is 2.27. The van der Waals surface area contributed by atoms with Crippen molar-refractivity contribution in [1.82, 2.24) is 15.2 Å². The minimum atomic E-state index is -0.813. The highest BCUT2D eigenvalue weighted by Crippen LogP contribution is 2.32. The topological polar surface area (TPSA) is 92.9 Å². The van der Waals surface area contributed by atoms with E-state index in [2.05, 4.69) is 10.3 Å². The van der Waals surface area contributed by atoms with Gasteiger partial charge in [0, 0.05) is 37.1 Å². The van der Waals surface area contributed by atoms with E-state index in [9.17, 15) is 9.59 Å². The molecule has 0 aliphatic carbocycles. The van der Waals surface area contributed by atoms with Crippen LogP contribution in [0.4, 0.5) is 4.79 Å². The molecule has 1 atom stereocenters. The number of hydrogen-bond donors (Lipinski definition) is 2. The third-order valence-corrected chi connectivity index (χ3v) is 6.13. The highest BCUT2D eigenvalue weighted by molar-refractivity contribution is 5.88. The molecule has 0 fully saturated rings. The van der Waals surface area contributed by atoms with Gasteiger partial charge < -0.3 is 29.4 Å². The summed E-state index contributed by atoms with van der Waals surface area (Å²) in [6.07, 6.45) is 1.54. The smallest absolute Gasteiger partial charge is 0.408 e. The van der Waals surface area contributed by atoms with Crippen LogP contribution < -0.4 is 14.8 Å². The summed E-state index contributed by atoms with van der Waals surface area (Å²) in [5, 5.41) is 3.80. The molecule has 2 heterocycles. The number of aromatic amines is 1. The fraction of sp³-hybridized carbons (Fsp3) is 0.214. The van der Waals surface area contributed by atoms with Crippen molar-refractivity contribution in [2.24, 2.45) is 0 Å². The molecule has 4 aromatic rings. The van der Waals surface area contributed by atoms with Crippen molar-refractivity contribution in [3.63, 3.8) is 0 Å². The molecule has 1 aliphatic heterocycles. The summed E-state index contributed by atoms with van der Waals surface area (Å²) in [4.78, 5) is 31.1. The third-order valence-electron chi connectivity index (χ3n) is 6.13. The Kier molecular flexibility index (Phi) is 6.75. The Morgan fingerprint density at radius 3 is 2.64 bits per heavy atom. The molecule has 8 nitrogen and oxygen atoms in total. The van der Waals surface area contributed by atoms with Gasteiger partial charge in [-0.3, -0.25) is 4.79 Å². The molecule has 184 valence electrons. The largest absolute Gasteiger partial charge is 0.454 e. The van der Waals surface area contributed by atoms with E-state index < -0.39 is 12.1 Å². The minimum Gasteiger partial charge on any atom is -0.454 e. The van der Waals surface area contributed by atoms with Crippen LogP contribution in [-0.4, -0.2) is 41.8 Å². The predicted molar refractivity (Wildman–Crippen MR) is 135 cm³/mol. The fourth-order valence-corrected chi connectivity index (χ4v) is 4.28. The number of benzene rings is 3. The van der Waals surface area contributed by atoms with Crippen LogP contribution >= 0.6 is 0 Å². The van der Waals surface area contributed by atoms with Crippen molar-refractivity contribution in [2.45, 2.75) is 25.6 Å². The number of nitrogens with zero attached hydrogens (tertiary/aromatic N) is 1. The zero-order valence-electron chi connectivity index (χ0n) is 19.9. The standard InChI is InChI=1S/C28H27N3O5/c1-31(16-20-11-12-25-26(13-20)36-18-35-25)27(32)24(14-21-15-29-23-10-6-5-9-22(21)23)30-28(33)34-17-19-7-3-2-4-8-19/h2-13,15,24,29H,14,16-18H2,1H3,(H,30,33)/t24-/m0/s1. The number of H-pyrrole nitrogens is 1. The van der Waals surface area contributed by atoms with Crippen LogP contribution in [0.15, 0.2) is 79.0 Å². The van der Waals surface area contributed by atoms with Crippen LogP contribution in [0.5, 0.6) is 11.5 Å². The molecule has 0 saturated carbocycles. The van der Waals surface area contributed by atoms with Crippen molar-refractivity contribution in [3.05, 3.63) is 95.7 Å². The molecule has 5 rings (SSSR count). The van der Waals surface area contributed by atoms with Crippen LogP contribution in [0.1, 0.15) is 16.7 Å². The fourth-order valence-electron chi connectivity index (χ4n) is 4.28. The Bertz CT molecular complexity index is 1370. The number of nitrogens with one attached hydrogen (secondary N) is 2. The summed E-state index contributed by atoms with van der Waals surface area (Å²) in [7, 11) is 1.71. The first kappa shape index (κ1) is 23.3. The van der Waals surface area contributed by atoms with Gasteiger partial charge in [0.25, 0.3) is 0 Å². The predicted octanol–water partition coefficient (Wildman–Crippen LogP) is 4.39. The number of likely N-dealkylation sites (N-methyl/N-ethyl adjacent to an activating group) is 1. The lowest BCUT2D eigenvalue weighted by molar-refractivity contribution is -0.132. The lowest BCUT2D eigenvalue weighted by Gasteiger charge is -2.24. The molecule has 3 aromatic carbocycles. The zero-order chi connectivity index (χ0) is 24.9. The van der Waals surface area contributed by atoms with E-state index >= 15 is 0 Å². The minimum absolute atomic E-state index is 0.119. The van der Waals surface area contributed by atoms with Gasteiger partial charge in [-0.15, -0.1) is 0 Å². The molecule has 0 radical (unpaired) electrons. The van der Waals surface area contributed by atoms with Crippen LogP contribution in [0, 0.1) is 0 Å². The Balaban J connectivity index is 1.31. The second kappa shape index (κ2) is 10.4. The molecule has 36 heavy (non-hydrogen) atoms. The third kappa shape index (κ3) is 5.27. The van der Waals surface area contributed by atoms with Gasteiger partial charge in [0.05, 0.1) is 0 Å². The normalized spacial score (nSPS) is 12.8. The van der Waals surface area contributed by atoms with Gasteiger partial charge in [-0.25, -0.2) is 4.79 Å². The summed E-state index contributed by atoms with van der Waals surface area (Å²) >= 11 is 0. The molecule has 0 saturated heterocycles. The van der Waals surface area contributed by atoms with Gasteiger partial charge in [0.15, 0.2) is 11.5 Å². The van der Waals surface area contributed by atoms with Gasteiger partial charge in [-0.1, -0.05) is 54.6 Å². The average Bonchev–Trinajstić information content (AvgIpc) is 3.54. The molecule has 0 bridgehead atoms. The van der Waals surface area contributed by atoms with Gasteiger partial charge in [-0.05, 0) is 34.9 Å². The number of carbonyl (C=O) groups is 2. The van der Waals surface area contributed by atoms with E-state index in [-0.39, 0.29) is 19.3 Å². The number of aromatic nitrogens is 1. The molecule has 2 N–H and O–H groups in total. The lowest BCUT2D eigenvalue weighted by atomic mass is 10.0. The maximum absolute atomic E-state index is 13.5. The Hall–Kier alpha value is -4.46. The number of carbonyl (C=O) groups excluding carboxylic acids is 2. The molecule has 2 amide bonds. The molecule has 0 unspecified atom stereocenters. The van der Waals surface area contributed by atoms with Crippen LogP contribution in [0.3, 0.4) is 0 Å². The molecule has 1 aliphatic rings. The number of para-hydroxylation sites is 1. The number of ether oxygens (including phenoxy) is 3. The maximum atomic E-state index is 13.5. The molecule has 1 aromatic heterocycles. The van der Waals surface area contributed by atoms with Crippen LogP contribution in [0.2, 0.25) is 0 Å². The van der Waals surface area contributed by atoms with E-state index in [0.29, 0.717) is 24.5 Å². The van der Waals surface area contributed by atoms with Gasteiger partial charge in [0.1, 0.15) is 12.6 Å². The monoisotopic (exact) mass is 485 g/mol. The second-order valence-electron chi connectivity index (χ2n) is 8.70. The molecular formula is C28H27N3O5. The first-order chi connectivity index (χ1) is 17.6. The van der Waals surface area contributed by atoms with Crippen molar-refractivity contribution in [1.29, 1.82) is 0 Å². The highest BCUT2D eigenvalue weighted by atomic mass is 16.7. The summed E-state index contributed by atoms with van der Waals surface area (Å²) in [6, 6.07) is 22.1. The van der Waals surface area contributed by atoms with E-state index in [1.165, 1.54) is 0 Å². The molecular weight excluding hydrogens is 458 g/mol. The first-order valence-electron chi connectivity index (χ1n) is 11.7. The quantitative estimate of drug-likeness (QED) is 0.386. The Labute approximate surface area is 208 Å². The lowest BCUT2D eigenvalue weighted by Crippen LogP contribution is -2.48. The van der Waals surface area contributed by atoms with E-state index in [0.717, 1.165) is 27.6 Å². The van der Waals surface area contributed by atoms with E-state index in [1.54, 1.807) is 11.9 Å². The van der Waals surface area contributed by atoms with Gasteiger partial charge >= 0.3 is 6.09 Å². The van der Waals surface area contributed by atoms with E-state index in [4.69, 9.17) is 14.2 Å². The van der Waals surface area contributed by atoms with Crippen LogP contribution in [-0.2, 0) is 29.1 Å². The summed E-state index contributed by atoms with van der Waals surface area (Å²) in [6.45, 7) is 0.656. The average molecular weight is 486 g/mol. The van der Waals surface area contributed by atoms with Crippen molar-refractivity contribution in [2.75, 3.05) is 13.8 Å². The van der Waals surface area contributed by atoms with Crippen molar-refractivity contribution < 1.29 is 23.8 Å². The van der Waals surface area contributed by atoms with Crippen molar-refractivity contribution in [3.8, 4) is 11.5 Å². The number of rotatable bonds is 8. The zero-order valence-corrected chi connectivity index (χ0v) is 19.9. The second-order valence-corrected chi connectivity index (χ2v) is 8.70. The molecule has 8 heteroatoms. The maximum Gasteiger partial charge on any atom is 0.408 e. The number of fused-ring (bicyclic) bond motifs is 2. The summed E-state index contributed by atoms with van der Waals surface area (Å²) in [5.41, 5.74) is 3.67. The number of hydrogen-bond acceptors (Lipinski definition) is 5. The summed E-state index contributed by atoms with van der Waals surface area (Å²) < 4.78 is 16.2. The SMILES string of the molecule is CN(Cc1ccc2c(c1)OCO2)C(=O)[C@H](Cc1c[nH]c2ccccc12)NC(=O)OCc1ccccc1. The van der Waals surface area contributed by atoms with E-state index in [1.807, 2.05) is 79.0 Å². The summed E-state index contributed by atoms with van der Waals surface area (Å²) in [5.74, 6) is 1.12. The van der Waals surface area contributed by atoms with Crippen LogP contribution in [0.25, 0.3) is 10.9 Å².